The maximum Gasteiger partial charge on any atom is 0.418 e. The summed E-state index contributed by atoms with van der Waals surface area (Å²) in [5, 5.41) is 21.7. The Bertz CT molecular complexity index is 1360. The summed E-state index contributed by atoms with van der Waals surface area (Å²) in [5.74, 6) is 0.160. The highest BCUT2D eigenvalue weighted by Crippen LogP contribution is 2.37. The van der Waals surface area contributed by atoms with Crippen molar-refractivity contribution in [2.45, 2.75) is 18.5 Å². The van der Waals surface area contributed by atoms with Gasteiger partial charge in [0.1, 0.15) is 29.8 Å². The second kappa shape index (κ2) is 9.03. The van der Waals surface area contributed by atoms with Crippen molar-refractivity contribution in [1.82, 2.24) is 24.9 Å². The predicted molar refractivity (Wildman–Crippen MR) is 110 cm³/mol. The van der Waals surface area contributed by atoms with E-state index in [2.05, 4.69) is 30.2 Å². The van der Waals surface area contributed by atoms with Crippen LogP contribution in [0.1, 0.15) is 22.8 Å². The van der Waals surface area contributed by atoms with Crippen molar-refractivity contribution < 1.29 is 36.6 Å². The fourth-order valence-electron chi connectivity index (χ4n) is 3.12. The largest absolute Gasteiger partial charge is 0.418 e. The van der Waals surface area contributed by atoms with Crippen LogP contribution in [-0.4, -0.2) is 41.7 Å². The first-order chi connectivity index (χ1) is 16.5. The molecule has 4 aromatic heterocycles. The zero-order chi connectivity index (χ0) is 25.4. The van der Waals surface area contributed by atoms with Crippen LogP contribution in [0.2, 0.25) is 0 Å². The van der Waals surface area contributed by atoms with Crippen molar-refractivity contribution in [2.24, 2.45) is 0 Å². The van der Waals surface area contributed by atoms with Crippen LogP contribution in [0.3, 0.4) is 0 Å². The third-order valence-corrected chi connectivity index (χ3v) is 4.85. The molecule has 0 saturated carbocycles. The number of halogens is 6. The number of nitrogens with one attached hydrogen (secondary N) is 1. The molecule has 1 atom stereocenters. The Labute approximate surface area is 192 Å². The number of fused-ring (bicyclic) bond motifs is 1. The summed E-state index contributed by atoms with van der Waals surface area (Å²) >= 11 is 0. The second-order valence-electron chi connectivity index (χ2n) is 7.21. The molecular formula is C21H14F6N6O2. The highest BCUT2D eigenvalue weighted by atomic mass is 19.4. The first kappa shape index (κ1) is 24.2. The molecule has 35 heavy (non-hydrogen) atoms. The van der Waals surface area contributed by atoms with Crippen molar-refractivity contribution in [2.75, 3.05) is 11.9 Å². The molecule has 4 aromatic rings. The van der Waals surface area contributed by atoms with Gasteiger partial charge >= 0.3 is 12.4 Å². The van der Waals surface area contributed by atoms with Crippen LogP contribution in [0.15, 0.2) is 49.1 Å². The number of alkyl halides is 6. The lowest BCUT2D eigenvalue weighted by molar-refractivity contribution is -0.138. The van der Waals surface area contributed by atoms with Crippen LogP contribution in [-0.2, 0) is 12.4 Å². The van der Waals surface area contributed by atoms with Gasteiger partial charge in [0.05, 0.1) is 28.8 Å². The maximum atomic E-state index is 13.7. The number of hydrogen-bond donors (Lipinski definition) is 3. The van der Waals surface area contributed by atoms with E-state index in [-0.39, 0.29) is 33.9 Å². The summed E-state index contributed by atoms with van der Waals surface area (Å²) < 4.78 is 79.2. The number of nitrogens with zero attached hydrogens (tertiary/aromatic N) is 5. The van der Waals surface area contributed by atoms with Gasteiger partial charge in [-0.1, -0.05) is 0 Å². The summed E-state index contributed by atoms with van der Waals surface area (Å²) in [5.41, 5.74) is -3.04. The summed E-state index contributed by atoms with van der Waals surface area (Å²) in [6.07, 6.45) is -8.21. The van der Waals surface area contributed by atoms with E-state index in [0.29, 0.717) is 12.3 Å². The number of anilines is 2. The number of pyridine rings is 3. The van der Waals surface area contributed by atoms with Gasteiger partial charge in [-0.2, -0.15) is 26.3 Å². The predicted octanol–water partition coefficient (Wildman–Crippen LogP) is 4.29. The molecule has 0 unspecified atom stereocenters. The van der Waals surface area contributed by atoms with Gasteiger partial charge in [-0.05, 0) is 30.3 Å². The topological polar surface area (TPSA) is 117 Å². The monoisotopic (exact) mass is 496 g/mol. The van der Waals surface area contributed by atoms with Gasteiger partial charge in [-0.25, -0.2) is 19.9 Å². The zero-order valence-electron chi connectivity index (χ0n) is 17.3. The first-order valence-electron chi connectivity index (χ1n) is 9.76. The Balaban J connectivity index is 1.72. The van der Waals surface area contributed by atoms with E-state index in [0.717, 1.165) is 24.7 Å². The van der Waals surface area contributed by atoms with Gasteiger partial charge in [0.25, 0.3) is 0 Å². The standard InChI is InChI=1S/C21H14F6N6O2/c22-20(23,24)11-1-4-16(28-7-11)33-19-12-2-3-14(32-18(12)30-9-31-19)17-13(21(25,26)27)5-10(6-29-17)15(35)8-34/h1-7,9,15,34-35H,8H2,(H,28,30,31,32,33)/t15-/m0/s1. The van der Waals surface area contributed by atoms with Gasteiger partial charge < -0.3 is 15.5 Å². The zero-order valence-corrected chi connectivity index (χ0v) is 17.3. The van der Waals surface area contributed by atoms with Crippen molar-refractivity contribution >= 4 is 22.7 Å². The van der Waals surface area contributed by atoms with Crippen molar-refractivity contribution in [3.05, 3.63) is 65.7 Å². The molecule has 0 aliphatic carbocycles. The second-order valence-corrected chi connectivity index (χ2v) is 7.21. The SMILES string of the molecule is OC[C@H](O)c1cnc(-c2ccc3c(Nc4ccc(C(F)(F)F)cn4)ncnc3n2)c(C(F)(F)F)c1. The van der Waals surface area contributed by atoms with E-state index in [1.54, 1.807) is 0 Å². The van der Waals surface area contributed by atoms with Crippen LogP contribution in [0.5, 0.6) is 0 Å². The average molecular weight is 496 g/mol. The summed E-state index contributed by atoms with van der Waals surface area (Å²) in [4.78, 5) is 19.6. The minimum atomic E-state index is -4.84. The Morgan fingerprint density at radius 2 is 1.66 bits per heavy atom. The lowest BCUT2D eigenvalue weighted by Gasteiger charge is -2.15. The highest BCUT2D eigenvalue weighted by Gasteiger charge is 2.36. The van der Waals surface area contributed by atoms with Gasteiger partial charge in [-0.15, -0.1) is 0 Å². The van der Waals surface area contributed by atoms with Crippen molar-refractivity contribution in [1.29, 1.82) is 0 Å². The highest BCUT2D eigenvalue weighted by molar-refractivity contribution is 5.89. The molecule has 0 radical (unpaired) electrons. The van der Waals surface area contributed by atoms with E-state index in [1.807, 2.05) is 0 Å². The third-order valence-electron chi connectivity index (χ3n) is 4.85. The normalized spacial score (nSPS) is 13.1. The van der Waals surface area contributed by atoms with Gasteiger partial charge in [0.2, 0.25) is 0 Å². The maximum absolute atomic E-state index is 13.7. The van der Waals surface area contributed by atoms with E-state index in [4.69, 9.17) is 5.11 Å². The molecule has 0 spiro atoms. The molecule has 0 aliphatic heterocycles. The molecular weight excluding hydrogens is 482 g/mol. The number of aliphatic hydroxyl groups is 2. The summed E-state index contributed by atoms with van der Waals surface area (Å²) in [6, 6.07) is 5.23. The molecule has 14 heteroatoms. The first-order valence-corrected chi connectivity index (χ1v) is 9.76. The average Bonchev–Trinajstić information content (AvgIpc) is 2.82. The van der Waals surface area contributed by atoms with Crippen LogP contribution in [0, 0.1) is 0 Å². The van der Waals surface area contributed by atoms with Crippen LogP contribution < -0.4 is 5.32 Å². The minimum Gasteiger partial charge on any atom is -0.393 e. The molecule has 0 fully saturated rings. The lowest BCUT2D eigenvalue weighted by atomic mass is 10.0. The Hall–Kier alpha value is -3.91. The number of hydrogen-bond acceptors (Lipinski definition) is 8. The fourth-order valence-corrected chi connectivity index (χ4v) is 3.12. The Kier molecular flexibility index (Phi) is 6.25. The van der Waals surface area contributed by atoms with Crippen molar-refractivity contribution in [3.8, 4) is 11.4 Å². The molecule has 3 N–H and O–H groups in total. The number of aliphatic hydroxyl groups excluding tert-OH is 2. The molecule has 0 bridgehead atoms. The molecule has 182 valence electrons. The molecule has 0 aliphatic rings. The van der Waals surface area contributed by atoms with Gasteiger partial charge in [0.15, 0.2) is 5.65 Å². The third kappa shape index (κ3) is 5.12. The smallest absolute Gasteiger partial charge is 0.393 e. The van der Waals surface area contributed by atoms with Gasteiger partial charge in [0, 0.05) is 18.0 Å². The summed E-state index contributed by atoms with van der Waals surface area (Å²) in [7, 11) is 0. The number of aromatic nitrogens is 5. The fraction of sp³-hybridized carbons (Fsp3) is 0.190. The lowest BCUT2D eigenvalue weighted by Crippen LogP contribution is -2.12. The summed E-state index contributed by atoms with van der Waals surface area (Å²) in [6.45, 7) is -0.785. The molecule has 0 aromatic carbocycles. The minimum absolute atomic E-state index is 0.0127. The van der Waals surface area contributed by atoms with E-state index in [9.17, 15) is 31.4 Å². The molecule has 4 heterocycles. The number of rotatable bonds is 5. The van der Waals surface area contributed by atoms with E-state index < -0.39 is 41.9 Å². The van der Waals surface area contributed by atoms with Gasteiger partial charge in [-0.3, -0.25) is 4.98 Å². The molecule has 0 amide bonds. The van der Waals surface area contributed by atoms with Crippen molar-refractivity contribution in [3.63, 3.8) is 0 Å². The van der Waals surface area contributed by atoms with E-state index >= 15 is 0 Å². The van der Waals surface area contributed by atoms with Crippen LogP contribution in [0.25, 0.3) is 22.4 Å². The molecule has 8 nitrogen and oxygen atoms in total. The molecule has 4 rings (SSSR count). The molecule has 0 saturated heterocycles. The quantitative estimate of drug-likeness (QED) is 0.351. The Morgan fingerprint density at radius 1 is 0.886 bits per heavy atom. The van der Waals surface area contributed by atoms with Crippen LogP contribution >= 0.6 is 0 Å². The van der Waals surface area contributed by atoms with E-state index in [1.165, 1.54) is 12.1 Å². The van der Waals surface area contributed by atoms with Crippen LogP contribution in [0.4, 0.5) is 38.0 Å². The Morgan fingerprint density at radius 3 is 2.29 bits per heavy atom.